The van der Waals surface area contributed by atoms with Gasteiger partial charge in [-0.3, -0.25) is 0 Å². The Morgan fingerprint density at radius 3 is 2.09 bits per heavy atom. The van der Waals surface area contributed by atoms with Gasteiger partial charge in [-0.2, -0.15) is 0 Å². The second kappa shape index (κ2) is 6.02. The SMILES string of the molecule is Cc1cc(C)c(S(=O)(=O)NCc2nnc(S(C)(=O)=O)o2)c(C)c1. The summed E-state index contributed by atoms with van der Waals surface area (Å²) in [4.78, 5) is 0.186. The molecule has 1 N–H and O–H groups in total. The Hall–Kier alpha value is -1.78. The molecule has 0 aliphatic rings. The van der Waals surface area contributed by atoms with Gasteiger partial charge in [0.15, 0.2) is 0 Å². The molecule has 0 unspecified atom stereocenters. The van der Waals surface area contributed by atoms with Gasteiger partial charge >= 0.3 is 5.22 Å². The molecule has 2 rings (SSSR count). The molecule has 0 amide bonds. The molecule has 1 aromatic carbocycles. The third kappa shape index (κ3) is 3.95. The third-order valence-electron chi connectivity index (χ3n) is 3.05. The Labute approximate surface area is 134 Å². The molecule has 1 heterocycles. The maximum Gasteiger partial charge on any atom is 0.335 e. The number of sulfone groups is 1. The predicted molar refractivity (Wildman–Crippen MR) is 82.1 cm³/mol. The maximum absolute atomic E-state index is 12.4. The van der Waals surface area contributed by atoms with Crippen molar-refractivity contribution in [2.75, 3.05) is 6.26 Å². The predicted octanol–water partition coefficient (Wildman–Crippen LogP) is 0.877. The molecule has 0 saturated carbocycles. The average Bonchev–Trinajstić information content (AvgIpc) is 2.83. The van der Waals surface area contributed by atoms with Gasteiger partial charge in [0.2, 0.25) is 25.8 Å². The zero-order valence-electron chi connectivity index (χ0n) is 13.1. The summed E-state index contributed by atoms with van der Waals surface area (Å²) in [6.07, 6.45) is 0.924. The summed E-state index contributed by atoms with van der Waals surface area (Å²) in [6, 6.07) is 3.55. The van der Waals surface area contributed by atoms with Crippen LogP contribution in [0.4, 0.5) is 0 Å². The number of nitrogens with zero attached hydrogens (tertiary/aromatic N) is 2. The Kier molecular flexibility index (Phi) is 4.60. The molecule has 0 aliphatic carbocycles. The van der Waals surface area contributed by atoms with Crippen molar-refractivity contribution in [3.8, 4) is 0 Å². The number of aromatic nitrogens is 2. The molecule has 1 aromatic heterocycles. The molecule has 0 aliphatic heterocycles. The standard InChI is InChI=1S/C13H17N3O5S2/c1-8-5-9(2)12(10(3)6-8)23(19,20)14-7-11-15-16-13(21-11)22(4,17)18/h5-6,14H,7H2,1-4H3. The highest BCUT2D eigenvalue weighted by Gasteiger charge is 2.22. The van der Waals surface area contributed by atoms with Gasteiger partial charge in [0.05, 0.1) is 11.4 Å². The molecule has 2 aromatic rings. The first-order valence-electron chi connectivity index (χ1n) is 6.60. The van der Waals surface area contributed by atoms with E-state index in [0.29, 0.717) is 11.1 Å². The monoisotopic (exact) mass is 359 g/mol. The summed E-state index contributed by atoms with van der Waals surface area (Å²) < 4.78 is 54.7. The number of benzene rings is 1. The average molecular weight is 359 g/mol. The first-order valence-corrected chi connectivity index (χ1v) is 9.98. The summed E-state index contributed by atoms with van der Waals surface area (Å²) in [5.74, 6) is -0.128. The van der Waals surface area contributed by atoms with Crippen LogP contribution in [0, 0.1) is 20.8 Å². The van der Waals surface area contributed by atoms with Crippen LogP contribution in [0.2, 0.25) is 0 Å². The van der Waals surface area contributed by atoms with Crippen LogP contribution < -0.4 is 4.72 Å². The molecule has 8 nitrogen and oxygen atoms in total. The van der Waals surface area contributed by atoms with E-state index in [1.807, 2.05) is 6.92 Å². The van der Waals surface area contributed by atoms with Crippen LogP contribution in [-0.4, -0.2) is 33.3 Å². The highest BCUT2D eigenvalue weighted by molar-refractivity contribution is 7.90. The van der Waals surface area contributed by atoms with Crippen molar-refractivity contribution < 1.29 is 21.3 Å². The molecule has 0 fully saturated rings. The quantitative estimate of drug-likeness (QED) is 0.841. The van der Waals surface area contributed by atoms with E-state index in [2.05, 4.69) is 14.9 Å². The molecule has 10 heteroatoms. The first-order chi connectivity index (χ1) is 10.5. The molecular formula is C13H17N3O5S2. The van der Waals surface area contributed by atoms with Crippen molar-refractivity contribution in [2.45, 2.75) is 37.4 Å². The van der Waals surface area contributed by atoms with Gasteiger partial charge in [0.25, 0.3) is 0 Å². The molecule has 23 heavy (non-hydrogen) atoms. The van der Waals surface area contributed by atoms with Crippen LogP contribution in [-0.2, 0) is 26.4 Å². The summed E-state index contributed by atoms with van der Waals surface area (Å²) in [7, 11) is -7.41. The van der Waals surface area contributed by atoms with Crippen molar-refractivity contribution >= 4 is 19.9 Å². The minimum absolute atomic E-state index is 0.128. The molecule has 0 bridgehead atoms. The maximum atomic E-state index is 12.4. The largest absolute Gasteiger partial charge is 0.411 e. The van der Waals surface area contributed by atoms with Crippen molar-refractivity contribution in [3.05, 3.63) is 34.7 Å². The number of sulfonamides is 1. The minimum Gasteiger partial charge on any atom is -0.411 e. The molecular weight excluding hydrogens is 342 g/mol. The van der Waals surface area contributed by atoms with Gasteiger partial charge < -0.3 is 4.42 Å². The van der Waals surface area contributed by atoms with Crippen molar-refractivity contribution in [1.29, 1.82) is 0 Å². The van der Waals surface area contributed by atoms with Gasteiger partial charge in [-0.15, -0.1) is 5.10 Å². The van der Waals surface area contributed by atoms with Crippen LogP contribution in [0.25, 0.3) is 0 Å². The van der Waals surface area contributed by atoms with Crippen LogP contribution in [0.3, 0.4) is 0 Å². The molecule has 0 atom stereocenters. The lowest BCUT2D eigenvalue weighted by Crippen LogP contribution is -2.25. The summed E-state index contributed by atoms with van der Waals surface area (Å²) in [6.45, 7) is 5.01. The number of aryl methyl sites for hydroxylation is 3. The number of rotatable bonds is 5. The van der Waals surface area contributed by atoms with Crippen LogP contribution in [0.5, 0.6) is 0 Å². The fraction of sp³-hybridized carbons (Fsp3) is 0.385. The fourth-order valence-electron chi connectivity index (χ4n) is 2.28. The molecule has 126 valence electrons. The highest BCUT2D eigenvalue weighted by Crippen LogP contribution is 2.21. The zero-order valence-corrected chi connectivity index (χ0v) is 14.7. The van der Waals surface area contributed by atoms with Gasteiger partial charge in [0.1, 0.15) is 0 Å². The fourth-order valence-corrected chi connectivity index (χ4v) is 4.14. The van der Waals surface area contributed by atoms with Gasteiger partial charge in [-0.1, -0.05) is 22.8 Å². The van der Waals surface area contributed by atoms with Crippen LogP contribution in [0.15, 0.2) is 26.7 Å². The topological polar surface area (TPSA) is 119 Å². The smallest absolute Gasteiger partial charge is 0.335 e. The highest BCUT2D eigenvalue weighted by atomic mass is 32.2. The first kappa shape index (κ1) is 17.6. The second-order valence-corrected chi connectivity index (χ2v) is 8.88. The lowest BCUT2D eigenvalue weighted by atomic mass is 10.1. The number of hydrogen-bond donors (Lipinski definition) is 1. The van der Waals surface area contributed by atoms with E-state index in [-0.39, 0.29) is 17.3 Å². The van der Waals surface area contributed by atoms with E-state index >= 15 is 0 Å². The molecule has 0 radical (unpaired) electrons. The zero-order chi connectivity index (χ0) is 17.4. The van der Waals surface area contributed by atoms with Gasteiger partial charge in [-0.25, -0.2) is 21.6 Å². The second-order valence-electron chi connectivity index (χ2n) is 5.29. The van der Waals surface area contributed by atoms with Crippen molar-refractivity contribution in [1.82, 2.24) is 14.9 Å². The van der Waals surface area contributed by atoms with E-state index in [4.69, 9.17) is 4.42 Å². The lowest BCUT2D eigenvalue weighted by molar-refractivity contribution is 0.394. The van der Waals surface area contributed by atoms with Crippen molar-refractivity contribution in [3.63, 3.8) is 0 Å². The van der Waals surface area contributed by atoms with Crippen LogP contribution in [0.1, 0.15) is 22.6 Å². The summed E-state index contributed by atoms with van der Waals surface area (Å²) in [5.41, 5.74) is 2.21. The number of hydrogen-bond acceptors (Lipinski definition) is 7. The van der Waals surface area contributed by atoms with E-state index in [0.717, 1.165) is 11.8 Å². The Bertz CT molecular complexity index is 923. The Balaban J connectivity index is 2.25. The van der Waals surface area contributed by atoms with E-state index in [1.54, 1.807) is 26.0 Å². The Morgan fingerprint density at radius 1 is 1.04 bits per heavy atom. The van der Waals surface area contributed by atoms with Gasteiger partial charge in [-0.05, 0) is 31.9 Å². The molecule has 0 spiro atoms. The summed E-state index contributed by atoms with van der Waals surface area (Å²) >= 11 is 0. The van der Waals surface area contributed by atoms with Gasteiger partial charge in [0, 0.05) is 6.26 Å². The molecule has 0 saturated heterocycles. The van der Waals surface area contributed by atoms with Crippen LogP contribution >= 0.6 is 0 Å². The third-order valence-corrected chi connectivity index (χ3v) is 5.56. The normalized spacial score (nSPS) is 12.5. The minimum atomic E-state index is -3.79. The number of nitrogens with one attached hydrogen (secondary N) is 1. The Morgan fingerprint density at radius 2 is 1.61 bits per heavy atom. The summed E-state index contributed by atoms with van der Waals surface area (Å²) in [5, 5.41) is 6.34. The lowest BCUT2D eigenvalue weighted by Gasteiger charge is -2.12. The van der Waals surface area contributed by atoms with E-state index in [9.17, 15) is 16.8 Å². The van der Waals surface area contributed by atoms with Crippen molar-refractivity contribution in [2.24, 2.45) is 0 Å². The van der Waals surface area contributed by atoms with E-state index in [1.165, 1.54) is 0 Å². The van der Waals surface area contributed by atoms with E-state index < -0.39 is 25.1 Å².